The second-order valence-electron chi connectivity index (χ2n) is 5.12. The number of piperidine rings is 1. The molecular weight excluding hydrogens is 231 g/mol. The van der Waals surface area contributed by atoms with Gasteiger partial charge in [0.1, 0.15) is 5.54 Å². The van der Waals surface area contributed by atoms with Gasteiger partial charge in [0.2, 0.25) is 0 Å². The highest BCUT2D eigenvalue weighted by Crippen LogP contribution is 2.39. The van der Waals surface area contributed by atoms with E-state index in [9.17, 15) is 18.4 Å². The zero-order chi connectivity index (χ0) is 12.7. The van der Waals surface area contributed by atoms with Gasteiger partial charge in [-0.1, -0.05) is 0 Å². The van der Waals surface area contributed by atoms with Crippen molar-refractivity contribution in [2.45, 2.75) is 49.5 Å². The van der Waals surface area contributed by atoms with Crippen LogP contribution in [0.25, 0.3) is 0 Å². The lowest BCUT2D eigenvalue weighted by Crippen LogP contribution is -2.57. The molecule has 2 rings (SSSR count). The van der Waals surface area contributed by atoms with Crippen molar-refractivity contribution in [3.63, 3.8) is 0 Å². The largest absolute Gasteiger partial charge is 0.401 e. The Balaban J connectivity index is 2.05. The van der Waals surface area contributed by atoms with Crippen LogP contribution in [0.5, 0.6) is 0 Å². The Kier molecular flexibility index (Phi) is 3.08. The summed E-state index contributed by atoms with van der Waals surface area (Å²) in [7, 11) is 1.99. The Bertz CT molecular complexity index is 320. The number of rotatable bonds is 2. The van der Waals surface area contributed by atoms with Crippen molar-refractivity contribution in [2.75, 3.05) is 13.6 Å². The fourth-order valence-electron chi connectivity index (χ4n) is 3.01. The summed E-state index contributed by atoms with van der Waals surface area (Å²) in [6.07, 6.45) is -1.30. The second-order valence-corrected chi connectivity index (χ2v) is 5.12. The Morgan fingerprint density at radius 1 is 1.35 bits per heavy atom. The molecule has 0 amide bonds. The van der Waals surface area contributed by atoms with E-state index in [1.54, 1.807) is 0 Å². The first kappa shape index (κ1) is 12.7. The van der Waals surface area contributed by atoms with E-state index >= 15 is 0 Å². The molecule has 0 aromatic heterocycles. The van der Waals surface area contributed by atoms with E-state index in [4.69, 9.17) is 0 Å². The smallest absolute Gasteiger partial charge is 0.300 e. The molecule has 2 fully saturated rings. The van der Waals surface area contributed by atoms with Crippen molar-refractivity contribution < 1.29 is 13.2 Å². The molecule has 2 bridgehead atoms. The highest BCUT2D eigenvalue weighted by atomic mass is 19.4. The predicted molar refractivity (Wildman–Crippen MR) is 56.2 cm³/mol. The Morgan fingerprint density at radius 3 is 2.29 bits per heavy atom. The third kappa shape index (κ3) is 2.55. The molecule has 3 nitrogen and oxygen atoms in total. The Labute approximate surface area is 98.6 Å². The SMILES string of the molecule is CN1C2CCC1CC(C#N)(NCC(F)(F)F)C2. The van der Waals surface area contributed by atoms with E-state index in [2.05, 4.69) is 16.3 Å². The number of nitrogens with zero attached hydrogens (tertiary/aromatic N) is 2. The molecule has 1 N–H and O–H groups in total. The van der Waals surface area contributed by atoms with E-state index < -0.39 is 18.3 Å². The number of halogens is 3. The van der Waals surface area contributed by atoms with Gasteiger partial charge >= 0.3 is 6.18 Å². The zero-order valence-corrected chi connectivity index (χ0v) is 9.72. The van der Waals surface area contributed by atoms with Gasteiger partial charge in [-0.15, -0.1) is 0 Å². The van der Waals surface area contributed by atoms with Gasteiger partial charge in [0.25, 0.3) is 0 Å². The van der Waals surface area contributed by atoms with Crippen molar-refractivity contribution in [1.29, 1.82) is 5.26 Å². The molecule has 17 heavy (non-hydrogen) atoms. The van der Waals surface area contributed by atoms with Crippen molar-refractivity contribution >= 4 is 0 Å². The summed E-state index contributed by atoms with van der Waals surface area (Å²) < 4.78 is 36.7. The maximum Gasteiger partial charge on any atom is 0.401 e. The topological polar surface area (TPSA) is 39.1 Å². The third-order valence-electron chi connectivity index (χ3n) is 3.99. The van der Waals surface area contributed by atoms with Crippen LogP contribution >= 0.6 is 0 Å². The standard InChI is InChI=1S/C11H16F3N3/c1-17-8-2-3-9(17)5-10(4-8,6-15)16-7-11(12,13)14/h8-9,16H,2-5,7H2,1H3. The molecule has 2 heterocycles. The molecule has 0 saturated carbocycles. The number of hydrogen-bond acceptors (Lipinski definition) is 3. The van der Waals surface area contributed by atoms with Gasteiger partial charge in [0.05, 0.1) is 12.6 Å². The lowest BCUT2D eigenvalue weighted by molar-refractivity contribution is -0.129. The fourth-order valence-corrected chi connectivity index (χ4v) is 3.01. The first-order chi connectivity index (χ1) is 7.85. The highest BCUT2D eigenvalue weighted by Gasteiger charge is 2.48. The van der Waals surface area contributed by atoms with Gasteiger partial charge in [-0.05, 0) is 32.7 Å². The summed E-state index contributed by atoms with van der Waals surface area (Å²) in [6, 6.07) is 2.56. The highest BCUT2D eigenvalue weighted by molar-refractivity contribution is 5.16. The van der Waals surface area contributed by atoms with Crippen molar-refractivity contribution in [1.82, 2.24) is 10.2 Å². The molecular formula is C11H16F3N3. The molecule has 2 aliphatic rings. The van der Waals surface area contributed by atoms with E-state index in [0.29, 0.717) is 12.8 Å². The van der Waals surface area contributed by atoms with E-state index in [-0.39, 0.29) is 12.1 Å². The first-order valence-corrected chi connectivity index (χ1v) is 5.80. The number of fused-ring (bicyclic) bond motifs is 2. The van der Waals surface area contributed by atoms with Gasteiger partial charge in [-0.3, -0.25) is 5.32 Å². The summed E-state index contributed by atoms with van der Waals surface area (Å²) in [5, 5.41) is 11.6. The lowest BCUT2D eigenvalue weighted by Gasteiger charge is -2.41. The Hall–Kier alpha value is -0.800. The molecule has 0 aromatic carbocycles. The normalized spacial score (nSPS) is 38.1. The molecule has 96 valence electrons. The van der Waals surface area contributed by atoms with Crippen LogP contribution in [0.4, 0.5) is 13.2 Å². The van der Waals surface area contributed by atoms with Gasteiger partial charge < -0.3 is 4.90 Å². The quantitative estimate of drug-likeness (QED) is 0.806. The molecule has 2 saturated heterocycles. The summed E-state index contributed by atoms with van der Waals surface area (Å²) in [6.45, 7) is -1.08. The van der Waals surface area contributed by atoms with Gasteiger partial charge in [0.15, 0.2) is 0 Å². The lowest BCUT2D eigenvalue weighted by atomic mass is 9.84. The molecule has 2 unspecified atom stereocenters. The monoisotopic (exact) mass is 247 g/mol. The van der Waals surface area contributed by atoms with Crippen LogP contribution in [0.3, 0.4) is 0 Å². The summed E-state index contributed by atoms with van der Waals surface area (Å²) in [4.78, 5) is 2.20. The molecule has 0 spiro atoms. The van der Waals surface area contributed by atoms with Crippen LogP contribution in [0.2, 0.25) is 0 Å². The number of hydrogen-bond donors (Lipinski definition) is 1. The summed E-state index contributed by atoms with van der Waals surface area (Å²) >= 11 is 0. The molecule has 2 atom stereocenters. The van der Waals surface area contributed by atoms with Crippen molar-refractivity contribution in [3.05, 3.63) is 0 Å². The van der Waals surface area contributed by atoms with E-state index in [1.165, 1.54) is 0 Å². The van der Waals surface area contributed by atoms with E-state index in [0.717, 1.165) is 12.8 Å². The summed E-state index contributed by atoms with van der Waals surface area (Å²) in [5.74, 6) is 0. The fraction of sp³-hybridized carbons (Fsp3) is 0.909. The second kappa shape index (κ2) is 4.14. The summed E-state index contributed by atoms with van der Waals surface area (Å²) in [5.41, 5.74) is -0.992. The minimum atomic E-state index is -4.26. The molecule has 0 aromatic rings. The van der Waals surface area contributed by atoms with Crippen LogP contribution in [0.1, 0.15) is 25.7 Å². The zero-order valence-electron chi connectivity index (χ0n) is 9.72. The van der Waals surface area contributed by atoms with Gasteiger partial charge in [0, 0.05) is 12.1 Å². The number of alkyl halides is 3. The van der Waals surface area contributed by atoms with Crippen LogP contribution in [0, 0.1) is 11.3 Å². The average Bonchev–Trinajstić information content (AvgIpc) is 2.51. The van der Waals surface area contributed by atoms with Crippen LogP contribution in [-0.4, -0.2) is 42.3 Å². The van der Waals surface area contributed by atoms with Crippen LogP contribution in [0.15, 0.2) is 0 Å². The Morgan fingerprint density at radius 2 is 1.88 bits per heavy atom. The molecule has 2 aliphatic heterocycles. The molecule has 0 aliphatic carbocycles. The maximum atomic E-state index is 12.2. The minimum absolute atomic E-state index is 0.245. The van der Waals surface area contributed by atoms with Gasteiger partial charge in [-0.25, -0.2) is 0 Å². The minimum Gasteiger partial charge on any atom is -0.300 e. The molecule has 6 heteroatoms. The van der Waals surface area contributed by atoms with Crippen LogP contribution in [-0.2, 0) is 0 Å². The first-order valence-electron chi connectivity index (χ1n) is 5.80. The van der Waals surface area contributed by atoms with Crippen molar-refractivity contribution in [2.24, 2.45) is 0 Å². The number of nitrogens with one attached hydrogen (secondary N) is 1. The van der Waals surface area contributed by atoms with Gasteiger partial charge in [-0.2, -0.15) is 18.4 Å². The average molecular weight is 247 g/mol. The molecule has 0 radical (unpaired) electrons. The van der Waals surface area contributed by atoms with E-state index in [1.807, 2.05) is 7.05 Å². The maximum absolute atomic E-state index is 12.2. The van der Waals surface area contributed by atoms with Crippen molar-refractivity contribution in [3.8, 4) is 6.07 Å². The predicted octanol–water partition coefficient (Wildman–Crippen LogP) is 1.66. The number of nitriles is 1. The van der Waals surface area contributed by atoms with Crippen LogP contribution < -0.4 is 5.32 Å². The third-order valence-corrected chi connectivity index (χ3v) is 3.99.